The second kappa shape index (κ2) is 5.32. The van der Waals surface area contributed by atoms with E-state index >= 15 is 0 Å². The summed E-state index contributed by atoms with van der Waals surface area (Å²) in [5, 5.41) is 0. The third-order valence-corrected chi connectivity index (χ3v) is 1.86. The van der Waals surface area contributed by atoms with Gasteiger partial charge in [-0.15, -0.1) is 0 Å². The molecule has 0 saturated heterocycles. The van der Waals surface area contributed by atoms with Gasteiger partial charge in [0.15, 0.2) is 0 Å². The van der Waals surface area contributed by atoms with Crippen LogP contribution in [0.15, 0.2) is 0 Å². The summed E-state index contributed by atoms with van der Waals surface area (Å²) in [6.45, 7) is 8.72. The van der Waals surface area contributed by atoms with E-state index in [1.165, 1.54) is 0 Å². The fraction of sp³-hybridized carbons (Fsp3) is 0.900. The summed E-state index contributed by atoms with van der Waals surface area (Å²) in [6.07, 6.45) is 0. The molecule has 0 bridgehead atoms. The number of methoxy groups -OCH3 is 1. The van der Waals surface area contributed by atoms with E-state index in [-0.39, 0.29) is 12.2 Å². The predicted octanol–water partition coefficient (Wildman–Crippen LogP) is 1.38. The first kappa shape index (κ1) is 13.4. The summed E-state index contributed by atoms with van der Waals surface area (Å²) < 4.78 is 15.4. The van der Waals surface area contributed by atoms with E-state index in [4.69, 9.17) is 9.47 Å². The molecule has 14 heavy (non-hydrogen) atoms. The van der Waals surface area contributed by atoms with E-state index in [0.717, 1.165) is 0 Å². The van der Waals surface area contributed by atoms with Gasteiger partial charge in [-0.1, -0.05) is 0 Å². The number of carbonyl (C=O) groups is 1. The van der Waals surface area contributed by atoms with Gasteiger partial charge >= 0.3 is 0 Å². The van der Waals surface area contributed by atoms with Gasteiger partial charge in [0.25, 0.3) is 6.47 Å². The van der Waals surface area contributed by atoms with E-state index in [9.17, 15) is 4.79 Å². The maximum atomic E-state index is 10.0. The Balaban J connectivity index is 3.91. The number of carbonyl (C=O) groups excluding carboxylic acids is 1. The topological polar surface area (TPSA) is 44.8 Å². The van der Waals surface area contributed by atoms with Gasteiger partial charge in [0.2, 0.25) is 0 Å². The van der Waals surface area contributed by atoms with Crippen LogP contribution in [-0.4, -0.2) is 38.0 Å². The molecule has 4 nitrogen and oxygen atoms in total. The first-order chi connectivity index (χ1) is 6.33. The van der Waals surface area contributed by atoms with E-state index < -0.39 is 5.60 Å². The van der Waals surface area contributed by atoms with Gasteiger partial charge in [0.05, 0.1) is 17.8 Å². The van der Waals surface area contributed by atoms with Crippen LogP contribution in [-0.2, 0) is 19.0 Å². The van der Waals surface area contributed by atoms with Crippen molar-refractivity contribution >= 4 is 6.47 Å². The Morgan fingerprint density at radius 2 is 1.64 bits per heavy atom. The maximum absolute atomic E-state index is 10.0. The SMILES string of the molecule is COC(C)(C)COC(C)(C)COC=O. The lowest BCUT2D eigenvalue weighted by Gasteiger charge is -2.30. The van der Waals surface area contributed by atoms with Gasteiger partial charge in [-0.3, -0.25) is 4.79 Å². The van der Waals surface area contributed by atoms with Gasteiger partial charge in [-0.25, -0.2) is 0 Å². The largest absolute Gasteiger partial charge is 0.465 e. The summed E-state index contributed by atoms with van der Waals surface area (Å²) in [5.74, 6) is 0. The lowest BCUT2D eigenvalue weighted by molar-refractivity contribution is -0.147. The summed E-state index contributed by atoms with van der Waals surface area (Å²) >= 11 is 0. The Labute approximate surface area is 85.5 Å². The molecule has 0 radical (unpaired) electrons. The minimum absolute atomic E-state index is 0.246. The maximum Gasteiger partial charge on any atom is 0.293 e. The molecule has 0 spiro atoms. The van der Waals surface area contributed by atoms with E-state index in [1.54, 1.807) is 7.11 Å². The van der Waals surface area contributed by atoms with Crippen LogP contribution in [0.5, 0.6) is 0 Å². The summed E-state index contributed by atoms with van der Waals surface area (Å²) in [4.78, 5) is 10.0. The Kier molecular flexibility index (Phi) is 5.08. The Morgan fingerprint density at radius 1 is 1.07 bits per heavy atom. The molecule has 0 aliphatic heterocycles. The summed E-state index contributed by atoms with van der Waals surface area (Å²) in [5.41, 5.74) is -0.796. The minimum Gasteiger partial charge on any atom is -0.465 e. The molecule has 84 valence electrons. The van der Waals surface area contributed by atoms with E-state index in [2.05, 4.69) is 4.74 Å². The van der Waals surface area contributed by atoms with Crippen LogP contribution >= 0.6 is 0 Å². The van der Waals surface area contributed by atoms with Crippen molar-refractivity contribution in [1.82, 2.24) is 0 Å². The second-order valence-corrected chi connectivity index (χ2v) is 4.42. The molecular weight excluding hydrogens is 184 g/mol. The van der Waals surface area contributed by atoms with Gasteiger partial charge in [-0.05, 0) is 27.7 Å². The molecule has 0 saturated carbocycles. The lowest BCUT2D eigenvalue weighted by Crippen LogP contribution is -2.38. The fourth-order valence-electron chi connectivity index (χ4n) is 0.704. The zero-order valence-electron chi connectivity index (χ0n) is 9.62. The number of ether oxygens (including phenoxy) is 3. The highest BCUT2D eigenvalue weighted by Gasteiger charge is 2.25. The van der Waals surface area contributed by atoms with Crippen molar-refractivity contribution in [2.24, 2.45) is 0 Å². The quantitative estimate of drug-likeness (QED) is 0.588. The molecular formula is C10H20O4. The average Bonchev–Trinajstić information content (AvgIpc) is 2.12. The molecule has 0 aliphatic rings. The van der Waals surface area contributed by atoms with Crippen LogP contribution in [0.4, 0.5) is 0 Å². The second-order valence-electron chi connectivity index (χ2n) is 4.42. The average molecular weight is 204 g/mol. The first-order valence-electron chi connectivity index (χ1n) is 4.57. The van der Waals surface area contributed by atoms with Crippen molar-refractivity contribution in [2.75, 3.05) is 20.3 Å². The van der Waals surface area contributed by atoms with Crippen molar-refractivity contribution < 1.29 is 19.0 Å². The number of hydrogen-bond donors (Lipinski definition) is 0. The fourth-order valence-corrected chi connectivity index (χ4v) is 0.704. The summed E-state index contributed by atoms with van der Waals surface area (Å²) in [6, 6.07) is 0. The van der Waals surface area contributed by atoms with Crippen molar-refractivity contribution in [3.05, 3.63) is 0 Å². The molecule has 0 N–H and O–H groups in total. The van der Waals surface area contributed by atoms with Crippen LogP contribution in [0.1, 0.15) is 27.7 Å². The molecule has 4 heteroatoms. The highest BCUT2D eigenvalue weighted by molar-refractivity contribution is 5.37. The van der Waals surface area contributed by atoms with Crippen molar-refractivity contribution in [3.63, 3.8) is 0 Å². The number of rotatable bonds is 7. The molecule has 0 heterocycles. The predicted molar refractivity (Wildman–Crippen MR) is 53.1 cm³/mol. The van der Waals surface area contributed by atoms with E-state index in [1.807, 2.05) is 27.7 Å². The molecule has 0 rings (SSSR count). The molecule has 0 aromatic carbocycles. The van der Waals surface area contributed by atoms with Crippen LogP contribution in [0.2, 0.25) is 0 Å². The van der Waals surface area contributed by atoms with E-state index in [0.29, 0.717) is 13.1 Å². The molecule has 0 unspecified atom stereocenters. The highest BCUT2D eigenvalue weighted by atomic mass is 16.6. The molecule has 0 aliphatic carbocycles. The van der Waals surface area contributed by atoms with Crippen molar-refractivity contribution in [2.45, 2.75) is 38.9 Å². The van der Waals surface area contributed by atoms with Gasteiger partial charge < -0.3 is 14.2 Å². The molecule has 0 atom stereocenters. The van der Waals surface area contributed by atoms with Gasteiger partial charge in [0.1, 0.15) is 6.61 Å². The van der Waals surface area contributed by atoms with Gasteiger partial charge in [-0.2, -0.15) is 0 Å². The lowest BCUT2D eigenvalue weighted by atomic mass is 10.1. The Bertz CT molecular complexity index is 175. The molecule has 0 aromatic rings. The highest BCUT2D eigenvalue weighted by Crippen LogP contribution is 2.15. The Morgan fingerprint density at radius 3 is 2.07 bits per heavy atom. The van der Waals surface area contributed by atoms with Crippen LogP contribution in [0.25, 0.3) is 0 Å². The van der Waals surface area contributed by atoms with Crippen LogP contribution < -0.4 is 0 Å². The van der Waals surface area contributed by atoms with Crippen molar-refractivity contribution in [1.29, 1.82) is 0 Å². The monoisotopic (exact) mass is 204 g/mol. The Hall–Kier alpha value is -0.610. The first-order valence-corrected chi connectivity index (χ1v) is 4.57. The zero-order chi connectivity index (χ0) is 11.2. The third kappa shape index (κ3) is 5.94. The van der Waals surface area contributed by atoms with Gasteiger partial charge in [0, 0.05) is 7.11 Å². The van der Waals surface area contributed by atoms with Crippen LogP contribution in [0.3, 0.4) is 0 Å². The molecule has 0 fully saturated rings. The minimum atomic E-state index is -0.475. The zero-order valence-corrected chi connectivity index (χ0v) is 9.62. The smallest absolute Gasteiger partial charge is 0.293 e. The molecule has 0 amide bonds. The third-order valence-electron chi connectivity index (χ3n) is 1.86. The van der Waals surface area contributed by atoms with Crippen LogP contribution in [0, 0.1) is 0 Å². The van der Waals surface area contributed by atoms with Crippen molar-refractivity contribution in [3.8, 4) is 0 Å². The number of hydrogen-bond acceptors (Lipinski definition) is 4. The summed E-state index contributed by atoms with van der Waals surface area (Å²) in [7, 11) is 1.64. The normalized spacial score (nSPS) is 12.6. The molecule has 0 aromatic heterocycles. The standard InChI is InChI=1S/C10H20O4/c1-9(2,12-5)7-14-10(3,4)6-13-8-11/h8H,6-7H2,1-5H3.